The number of non-ortho nitro benzene ring substituents is 1. The first-order chi connectivity index (χ1) is 12.5. The summed E-state index contributed by atoms with van der Waals surface area (Å²) in [6.45, 7) is 1.13. The van der Waals surface area contributed by atoms with Gasteiger partial charge in [0.1, 0.15) is 18.4 Å². The lowest BCUT2D eigenvalue weighted by molar-refractivity contribution is -0.384. The molecule has 134 valence electrons. The third-order valence-electron chi connectivity index (χ3n) is 3.96. The summed E-state index contributed by atoms with van der Waals surface area (Å²) in [4.78, 5) is 36.0. The number of nitro groups is 1. The molecule has 1 aliphatic heterocycles. The van der Waals surface area contributed by atoms with Crippen LogP contribution in [-0.4, -0.2) is 30.0 Å². The maximum absolute atomic E-state index is 12.3. The number of hydrogen-bond acceptors (Lipinski definition) is 6. The summed E-state index contributed by atoms with van der Waals surface area (Å²) in [6, 6.07) is 13.1. The Bertz CT molecular complexity index is 852. The van der Waals surface area contributed by atoms with Crippen LogP contribution in [-0.2, 0) is 14.3 Å². The Morgan fingerprint density at radius 1 is 1.31 bits per heavy atom. The number of esters is 1. The molecule has 1 heterocycles. The van der Waals surface area contributed by atoms with Crippen molar-refractivity contribution in [3.05, 3.63) is 64.2 Å². The molecule has 1 aliphatic rings. The largest absolute Gasteiger partial charge is 0.482 e. The van der Waals surface area contributed by atoms with Crippen molar-refractivity contribution in [2.75, 3.05) is 18.1 Å². The van der Waals surface area contributed by atoms with E-state index in [0.717, 1.165) is 10.5 Å². The summed E-state index contributed by atoms with van der Waals surface area (Å²) in [5.74, 6) is -0.782. The number of fused-ring (bicyclic) bond motifs is 1. The van der Waals surface area contributed by atoms with Crippen LogP contribution < -0.4 is 9.64 Å². The topological polar surface area (TPSA) is 99.0 Å². The normalized spacial score (nSPS) is 14.2. The molecule has 1 amide bonds. The first-order valence-electron chi connectivity index (χ1n) is 7.91. The van der Waals surface area contributed by atoms with Crippen molar-refractivity contribution in [3.63, 3.8) is 0 Å². The molecule has 0 saturated heterocycles. The number of anilines is 1. The van der Waals surface area contributed by atoms with Gasteiger partial charge < -0.3 is 9.47 Å². The van der Waals surface area contributed by atoms with E-state index in [1.165, 1.54) is 18.2 Å². The van der Waals surface area contributed by atoms with Gasteiger partial charge in [0.15, 0.2) is 6.61 Å². The van der Waals surface area contributed by atoms with Crippen molar-refractivity contribution in [2.24, 2.45) is 0 Å². The zero-order valence-electron chi connectivity index (χ0n) is 14.0. The van der Waals surface area contributed by atoms with Gasteiger partial charge in [0, 0.05) is 12.1 Å². The first kappa shape index (κ1) is 17.4. The highest BCUT2D eigenvalue weighted by atomic mass is 16.6. The molecule has 8 heteroatoms. The Labute approximate surface area is 149 Å². The minimum atomic E-state index is -0.617. The molecule has 3 rings (SSSR count). The Morgan fingerprint density at radius 3 is 2.73 bits per heavy atom. The fourth-order valence-corrected chi connectivity index (χ4v) is 2.63. The Balaban J connectivity index is 1.77. The van der Waals surface area contributed by atoms with Crippen LogP contribution in [0.25, 0.3) is 0 Å². The molecule has 0 fully saturated rings. The van der Waals surface area contributed by atoms with Crippen LogP contribution in [0.5, 0.6) is 5.75 Å². The lowest BCUT2D eigenvalue weighted by atomic mass is 10.1. The van der Waals surface area contributed by atoms with Crippen LogP contribution in [0, 0.1) is 10.1 Å². The zero-order chi connectivity index (χ0) is 18.7. The molecule has 0 aromatic heterocycles. The number of nitro benzene ring substituents is 1. The fourth-order valence-electron chi connectivity index (χ4n) is 2.63. The number of benzene rings is 2. The van der Waals surface area contributed by atoms with E-state index in [1.807, 2.05) is 30.3 Å². The number of nitrogens with zero attached hydrogens (tertiary/aromatic N) is 2. The SMILES string of the molecule is C[C@H](OC(=O)CN1C(=O)COc2ccc([N+](=O)[O-])cc21)c1ccccc1. The Kier molecular flexibility index (Phi) is 4.83. The molecule has 0 spiro atoms. The van der Waals surface area contributed by atoms with Crippen LogP contribution in [0.2, 0.25) is 0 Å². The van der Waals surface area contributed by atoms with Crippen LogP contribution in [0.1, 0.15) is 18.6 Å². The summed E-state index contributed by atoms with van der Waals surface area (Å²) in [7, 11) is 0. The highest BCUT2D eigenvalue weighted by Crippen LogP contribution is 2.35. The van der Waals surface area contributed by atoms with Crippen molar-refractivity contribution in [3.8, 4) is 5.75 Å². The van der Waals surface area contributed by atoms with E-state index >= 15 is 0 Å². The maximum atomic E-state index is 12.3. The minimum absolute atomic E-state index is 0.180. The molecule has 0 radical (unpaired) electrons. The van der Waals surface area contributed by atoms with Crippen molar-refractivity contribution in [2.45, 2.75) is 13.0 Å². The molecule has 0 aliphatic carbocycles. The van der Waals surface area contributed by atoms with Crippen molar-refractivity contribution >= 4 is 23.3 Å². The third kappa shape index (κ3) is 3.64. The van der Waals surface area contributed by atoms with Crippen LogP contribution >= 0.6 is 0 Å². The second kappa shape index (κ2) is 7.22. The van der Waals surface area contributed by atoms with Gasteiger partial charge in [-0.1, -0.05) is 30.3 Å². The molecule has 0 N–H and O–H groups in total. The van der Waals surface area contributed by atoms with E-state index in [2.05, 4.69) is 0 Å². The van der Waals surface area contributed by atoms with Crippen LogP contribution in [0.15, 0.2) is 48.5 Å². The quantitative estimate of drug-likeness (QED) is 0.464. The molecule has 2 aromatic carbocycles. The standard InChI is InChI=1S/C18H16N2O6/c1-12(13-5-3-2-4-6-13)26-18(22)10-19-15-9-14(20(23)24)7-8-16(15)25-11-17(19)21/h2-9,12H,10-11H2,1H3/t12-/m0/s1. The average molecular weight is 356 g/mol. The highest BCUT2D eigenvalue weighted by molar-refractivity contribution is 6.01. The highest BCUT2D eigenvalue weighted by Gasteiger charge is 2.30. The summed E-state index contributed by atoms with van der Waals surface area (Å²) < 4.78 is 10.6. The predicted octanol–water partition coefficient (Wildman–Crippen LogP) is 2.62. The van der Waals surface area contributed by atoms with Gasteiger partial charge in [0.05, 0.1) is 10.6 Å². The van der Waals surface area contributed by atoms with Crippen molar-refractivity contribution < 1.29 is 24.0 Å². The number of rotatable bonds is 5. The molecule has 1 atom stereocenters. The Morgan fingerprint density at radius 2 is 2.04 bits per heavy atom. The van der Waals surface area contributed by atoms with Gasteiger partial charge in [-0.15, -0.1) is 0 Å². The lowest BCUT2D eigenvalue weighted by Crippen LogP contribution is -2.42. The van der Waals surface area contributed by atoms with Gasteiger partial charge >= 0.3 is 5.97 Å². The smallest absolute Gasteiger partial charge is 0.326 e. The van der Waals surface area contributed by atoms with E-state index < -0.39 is 22.9 Å². The first-order valence-corrected chi connectivity index (χ1v) is 7.91. The van der Waals surface area contributed by atoms with Gasteiger partial charge in [-0.2, -0.15) is 0 Å². The second-order valence-corrected chi connectivity index (χ2v) is 5.72. The van der Waals surface area contributed by atoms with E-state index in [1.54, 1.807) is 6.92 Å². The van der Waals surface area contributed by atoms with Gasteiger partial charge in [0.2, 0.25) is 0 Å². The van der Waals surface area contributed by atoms with Gasteiger partial charge in [0.25, 0.3) is 11.6 Å². The maximum Gasteiger partial charge on any atom is 0.326 e. The van der Waals surface area contributed by atoms with E-state index in [9.17, 15) is 19.7 Å². The van der Waals surface area contributed by atoms with E-state index in [4.69, 9.17) is 9.47 Å². The van der Waals surface area contributed by atoms with Gasteiger partial charge in [-0.25, -0.2) is 0 Å². The van der Waals surface area contributed by atoms with Crippen LogP contribution in [0.4, 0.5) is 11.4 Å². The van der Waals surface area contributed by atoms with E-state index in [-0.39, 0.29) is 24.5 Å². The molecular weight excluding hydrogens is 340 g/mol. The number of ether oxygens (including phenoxy) is 2. The summed E-state index contributed by atoms with van der Waals surface area (Å²) in [6.07, 6.45) is -0.482. The second-order valence-electron chi connectivity index (χ2n) is 5.72. The monoisotopic (exact) mass is 356 g/mol. The molecule has 0 unspecified atom stereocenters. The van der Waals surface area contributed by atoms with Crippen molar-refractivity contribution in [1.82, 2.24) is 0 Å². The molecule has 26 heavy (non-hydrogen) atoms. The van der Waals surface area contributed by atoms with Gasteiger partial charge in [-0.3, -0.25) is 24.6 Å². The summed E-state index contributed by atoms with van der Waals surface area (Å²) in [5, 5.41) is 11.0. The molecule has 8 nitrogen and oxygen atoms in total. The minimum Gasteiger partial charge on any atom is -0.482 e. The summed E-state index contributed by atoms with van der Waals surface area (Å²) >= 11 is 0. The number of hydrogen-bond donors (Lipinski definition) is 0. The number of amides is 1. The zero-order valence-corrected chi connectivity index (χ0v) is 14.0. The Hall–Kier alpha value is -3.42. The van der Waals surface area contributed by atoms with Crippen molar-refractivity contribution in [1.29, 1.82) is 0 Å². The number of carbonyl (C=O) groups is 2. The lowest BCUT2D eigenvalue weighted by Gasteiger charge is -2.28. The predicted molar refractivity (Wildman–Crippen MR) is 91.9 cm³/mol. The van der Waals surface area contributed by atoms with Gasteiger partial charge in [-0.05, 0) is 18.6 Å². The average Bonchev–Trinajstić information content (AvgIpc) is 2.64. The fraction of sp³-hybridized carbons (Fsp3) is 0.222. The van der Waals surface area contributed by atoms with Crippen LogP contribution in [0.3, 0.4) is 0 Å². The van der Waals surface area contributed by atoms with E-state index in [0.29, 0.717) is 5.75 Å². The molecular formula is C18H16N2O6. The molecule has 2 aromatic rings. The third-order valence-corrected chi connectivity index (χ3v) is 3.96. The summed E-state index contributed by atoms with van der Waals surface area (Å²) in [5.41, 5.74) is 0.808. The molecule has 0 saturated carbocycles. The number of carbonyl (C=O) groups excluding carboxylic acids is 2. The molecule has 0 bridgehead atoms.